The Labute approximate surface area is 111 Å². The second-order valence-corrected chi connectivity index (χ2v) is 6.31. The lowest BCUT2D eigenvalue weighted by atomic mass is 9.68. The molecule has 2 aliphatic rings. The van der Waals surface area contributed by atoms with Crippen molar-refractivity contribution in [2.75, 3.05) is 20.2 Å². The van der Waals surface area contributed by atoms with Crippen LogP contribution in [0.3, 0.4) is 0 Å². The highest BCUT2D eigenvalue weighted by Crippen LogP contribution is 2.42. The zero-order valence-corrected chi connectivity index (χ0v) is 11.7. The minimum Gasteiger partial charge on any atom is -0.395 e. The smallest absolute Gasteiger partial charge is 0.230 e. The average Bonchev–Trinajstić information content (AvgIpc) is 2.36. The van der Waals surface area contributed by atoms with Crippen molar-refractivity contribution in [3.63, 3.8) is 0 Å². The van der Waals surface area contributed by atoms with Crippen LogP contribution in [-0.2, 0) is 4.79 Å². The number of aliphatic hydroxyl groups is 1. The van der Waals surface area contributed by atoms with Crippen LogP contribution in [0.25, 0.3) is 0 Å². The third-order valence-electron chi connectivity index (χ3n) is 5.01. The van der Waals surface area contributed by atoms with Gasteiger partial charge in [0.15, 0.2) is 0 Å². The summed E-state index contributed by atoms with van der Waals surface area (Å²) >= 11 is 0. The molecular formula is C15H27NO2. The lowest BCUT2D eigenvalue weighted by Crippen LogP contribution is -2.49. The van der Waals surface area contributed by atoms with E-state index in [0.717, 1.165) is 38.1 Å². The Balaban J connectivity index is 1.76. The molecule has 0 heterocycles. The zero-order valence-electron chi connectivity index (χ0n) is 11.7. The number of rotatable bonds is 5. The molecule has 18 heavy (non-hydrogen) atoms. The van der Waals surface area contributed by atoms with Gasteiger partial charge in [-0.2, -0.15) is 0 Å². The van der Waals surface area contributed by atoms with Crippen LogP contribution in [0, 0.1) is 11.3 Å². The highest BCUT2D eigenvalue weighted by molar-refractivity contribution is 5.83. The van der Waals surface area contributed by atoms with Gasteiger partial charge in [-0.15, -0.1) is 0 Å². The number of carbonyl (C=O) groups is 1. The molecule has 0 saturated heterocycles. The highest BCUT2D eigenvalue weighted by atomic mass is 16.3. The maximum absolute atomic E-state index is 12.3. The summed E-state index contributed by atoms with van der Waals surface area (Å²) in [5.74, 6) is 0.993. The summed E-state index contributed by atoms with van der Waals surface area (Å²) in [6.07, 6.45) is 10.8. The molecule has 0 aromatic rings. The highest BCUT2D eigenvalue weighted by Gasteiger charge is 2.44. The van der Waals surface area contributed by atoms with E-state index < -0.39 is 5.41 Å². The van der Waals surface area contributed by atoms with E-state index in [4.69, 9.17) is 0 Å². The fourth-order valence-corrected chi connectivity index (χ4v) is 3.40. The van der Waals surface area contributed by atoms with Gasteiger partial charge in [0.05, 0.1) is 12.0 Å². The molecule has 3 heteroatoms. The topological polar surface area (TPSA) is 40.5 Å². The molecule has 0 spiro atoms. The molecule has 0 aliphatic heterocycles. The van der Waals surface area contributed by atoms with Gasteiger partial charge < -0.3 is 10.0 Å². The van der Waals surface area contributed by atoms with Crippen molar-refractivity contribution in [2.45, 2.75) is 57.8 Å². The van der Waals surface area contributed by atoms with E-state index >= 15 is 0 Å². The molecule has 3 nitrogen and oxygen atoms in total. The number of hydrogen-bond donors (Lipinski definition) is 1. The maximum atomic E-state index is 12.3. The number of nitrogens with zero attached hydrogens (tertiary/aromatic N) is 1. The average molecular weight is 253 g/mol. The van der Waals surface area contributed by atoms with Gasteiger partial charge >= 0.3 is 0 Å². The Bertz CT molecular complexity index is 275. The van der Waals surface area contributed by atoms with E-state index in [1.54, 1.807) is 0 Å². The molecule has 2 rings (SSSR count). The second kappa shape index (κ2) is 6.05. The minimum absolute atomic E-state index is 0.0274. The van der Waals surface area contributed by atoms with Crippen LogP contribution < -0.4 is 0 Å². The number of aliphatic hydroxyl groups excluding tert-OH is 1. The summed E-state index contributed by atoms with van der Waals surface area (Å²) in [6, 6.07) is 0. The van der Waals surface area contributed by atoms with Gasteiger partial charge in [0.2, 0.25) is 5.91 Å². The first-order valence-electron chi connectivity index (χ1n) is 7.54. The van der Waals surface area contributed by atoms with E-state index in [0.29, 0.717) is 0 Å². The SMILES string of the molecule is CN(CCC1CCCCC1)C(=O)C1(CO)CCC1. The van der Waals surface area contributed by atoms with Crippen molar-refractivity contribution >= 4 is 5.91 Å². The molecule has 0 radical (unpaired) electrons. The summed E-state index contributed by atoms with van der Waals surface area (Å²) < 4.78 is 0. The van der Waals surface area contributed by atoms with Crippen LogP contribution in [0.5, 0.6) is 0 Å². The predicted molar refractivity (Wildman–Crippen MR) is 72.2 cm³/mol. The number of hydrogen-bond acceptors (Lipinski definition) is 2. The van der Waals surface area contributed by atoms with Gasteiger partial charge in [0.25, 0.3) is 0 Å². The molecule has 0 aromatic carbocycles. The molecule has 0 bridgehead atoms. The molecule has 2 fully saturated rings. The van der Waals surface area contributed by atoms with Gasteiger partial charge in [-0.25, -0.2) is 0 Å². The van der Waals surface area contributed by atoms with Crippen molar-refractivity contribution < 1.29 is 9.90 Å². The van der Waals surface area contributed by atoms with Gasteiger partial charge in [-0.3, -0.25) is 4.79 Å². The quantitative estimate of drug-likeness (QED) is 0.818. The molecule has 1 N–H and O–H groups in total. The maximum Gasteiger partial charge on any atom is 0.230 e. The van der Waals surface area contributed by atoms with E-state index in [-0.39, 0.29) is 12.5 Å². The first kappa shape index (κ1) is 13.9. The lowest BCUT2D eigenvalue weighted by Gasteiger charge is -2.41. The Morgan fingerprint density at radius 2 is 1.89 bits per heavy atom. The fourth-order valence-electron chi connectivity index (χ4n) is 3.40. The Morgan fingerprint density at radius 1 is 1.22 bits per heavy atom. The molecule has 0 aromatic heterocycles. The standard InChI is InChI=1S/C15H27NO2/c1-16(11-8-13-6-3-2-4-7-13)14(18)15(12-17)9-5-10-15/h13,17H,2-12H2,1H3. The van der Waals surface area contributed by atoms with Crippen molar-refractivity contribution in [1.82, 2.24) is 4.90 Å². The number of carbonyl (C=O) groups excluding carboxylic acids is 1. The molecule has 2 saturated carbocycles. The number of amides is 1. The van der Waals surface area contributed by atoms with Gasteiger partial charge in [-0.1, -0.05) is 38.5 Å². The van der Waals surface area contributed by atoms with Crippen LogP contribution in [0.1, 0.15) is 57.8 Å². The van der Waals surface area contributed by atoms with Gasteiger partial charge in [0, 0.05) is 13.6 Å². The third kappa shape index (κ3) is 2.87. The van der Waals surface area contributed by atoms with E-state index in [1.807, 2.05) is 11.9 Å². The van der Waals surface area contributed by atoms with Gasteiger partial charge in [-0.05, 0) is 25.2 Å². The van der Waals surface area contributed by atoms with Crippen molar-refractivity contribution in [3.8, 4) is 0 Å². The van der Waals surface area contributed by atoms with E-state index in [9.17, 15) is 9.90 Å². The lowest BCUT2D eigenvalue weighted by molar-refractivity contribution is -0.149. The normalized spacial score (nSPS) is 23.4. The summed E-state index contributed by atoms with van der Waals surface area (Å²) in [5, 5.41) is 9.43. The fraction of sp³-hybridized carbons (Fsp3) is 0.933. The van der Waals surface area contributed by atoms with E-state index in [2.05, 4.69) is 0 Å². The molecule has 0 atom stereocenters. The van der Waals surface area contributed by atoms with Crippen LogP contribution in [-0.4, -0.2) is 36.1 Å². The summed E-state index contributed by atoms with van der Waals surface area (Å²) in [5.41, 5.74) is -0.415. The zero-order chi connectivity index (χ0) is 13.0. The minimum atomic E-state index is -0.415. The van der Waals surface area contributed by atoms with Crippen LogP contribution in [0.15, 0.2) is 0 Å². The van der Waals surface area contributed by atoms with Crippen molar-refractivity contribution in [1.29, 1.82) is 0 Å². The largest absolute Gasteiger partial charge is 0.395 e. The Morgan fingerprint density at radius 3 is 2.39 bits per heavy atom. The molecule has 0 unspecified atom stereocenters. The van der Waals surface area contributed by atoms with Crippen LogP contribution in [0.4, 0.5) is 0 Å². The van der Waals surface area contributed by atoms with Gasteiger partial charge in [0.1, 0.15) is 0 Å². The second-order valence-electron chi connectivity index (χ2n) is 6.31. The van der Waals surface area contributed by atoms with Crippen molar-refractivity contribution in [3.05, 3.63) is 0 Å². The Hall–Kier alpha value is -0.570. The first-order valence-corrected chi connectivity index (χ1v) is 7.54. The Kier molecular flexibility index (Phi) is 4.66. The first-order chi connectivity index (χ1) is 8.68. The third-order valence-corrected chi connectivity index (χ3v) is 5.01. The summed E-state index contributed by atoms with van der Waals surface area (Å²) in [4.78, 5) is 14.2. The monoisotopic (exact) mass is 253 g/mol. The van der Waals surface area contributed by atoms with Crippen LogP contribution >= 0.6 is 0 Å². The predicted octanol–water partition coefficient (Wildman–Crippen LogP) is 2.58. The molecular weight excluding hydrogens is 226 g/mol. The van der Waals surface area contributed by atoms with E-state index in [1.165, 1.54) is 32.1 Å². The molecule has 1 amide bonds. The molecule has 2 aliphatic carbocycles. The molecule has 104 valence electrons. The van der Waals surface area contributed by atoms with Crippen molar-refractivity contribution in [2.24, 2.45) is 11.3 Å². The summed E-state index contributed by atoms with van der Waals surface area (Å²) in [6.45, 7) is 0.894. The van der Waals surface area contributed by atoms with Crippen LogP contribution in [0.2, 0.25) is 0 Å². The summed E-state index contributed by atoms with van der Waals surface area (Å²) in [7, 11) is 1.90.